The number of allylic oxidation sites excluding steroid dienone is 4. The molecule has 0 saturated carbocycles. The van der Waals surface area contributed by atoms with Crippen LogP contribution in [-0.4, -0.2) is 6.54 Å². The Hall–Kier alpha value is -0.680. The third-order valence-electron chi connectivity index (χ3n) is 3.45. The second-order valence-electron chi connectivity index (χ2n) is 5.00. The summed E-state index contributed by atoms with van der Waals surface area (Å²) in [5.41, 5.74) is 5.66. The molecular formula is C15H13Cl3F3N. The maximum atomic E-state index is 13.2. The van der Waals surface area contributed by atoms with Crippen LogP contribution in [0.2, 0.25) is 0 Å². The van der Waals surface area contributed by atoms with Crippen molar-refractivity contribution in [2.24, 2.45) is 5.73 Å². The predicted molar refractivity (Wildman–Crippen MR) is 84.2 cm³/mol. The van der Waals surface area contributed by atoms with Crippen LogP contribution >= 0.6 is 34.8 Å². The topological polar surface area (TPSA) is 26.0 Å². The number of halogens is 6. The second kappa shape index (κ2) is 6.83. The largest absolute Gasteiger partial charge is 0.416 e. The Morgan fingerprint density at radius 2 is 1.86 bits per heavy atom. The third-order valence-corrected chi connectivity index (χ3v) is 4.73. The molecule has 0 aliphatic heterocycles. The van der Waals surface area contributed by atoms with Gasteiger partial charge >= 0.3 is 6.18 Å². The fourth-order valence-electron chi connectivity index (χ4n) is 2.42. The van der Waals surface area contributed by atoms with Crippen molar-refractivity contribution in [1.29, 1.82) is 0 Å². The molecule has 1 aliphatic rings. The fraction of sp³-hybridized carbons (Fsp3) is 0.333. The zero-order valence-electron chi connectivity index (χ0n) is 11.4. The molecule has 7 heteroatoms. The van der Waals surface area contributed by atoms with Crippen molar-refractivity contribution in [2.45, 2.75) is 24.9 Å². The molecule has 0 saturated heterocycles. The smallest absolute Gasteiger partial charge is 0.330 e. The van der Waals surface area contributed by atoms with Gasteiger partial charge < -0.3 is 5.73 Å². The minimum atomic E-state index is -4.45. The molecule has 1 aromatic rings. The van der Waals surface area contributed by atoms with Gasteiger partial charge in [-0.25, -0.2) is 0 Å². The molecule has 0 aromatic heterocycles. The van der Waals surface area contributed by atoms with Crippen LogP contribution in [0, 0.1) is 0 Å². The zero-order valence-corrected chi connectivity index (χ0v) is 13.6. The quantitative estimate of drug-likeness (QED) is 0.746. The van der Waals surface area contributed by atoms with E-state index in [-0.39, 0.29) is 27.1 Å². The van der Waals surface area contributed by atoms with Crippen LogP contribution in [-0.2, 0) is 12.6 Å². The van der Waals surface area contributed by atoms with E-state index in [1.54, 1.807) is 0 Å². The number of rotatable bonds is 3. The van der Waals surface area contributed by atoms with E-state index >= 15 is 0 Å². The van der Waals surface area contributed by atoms with Crippen molar-refractivity contribution < 1.29 is 13.2 Å². The molecule has 0 bridgehead atoms. The predicted octanol–water partition coefficient (Wildman–Crippen LogP) is 5.51. The highest BCUT2D eigenvalue weighted by Crippen LogP contribution is 2.44. The molecule has 2 N–H and O–H groups in total. The van der Waals surface area contributed by atoms with Crippen LogP contribution in [0.3, 0.4) is 0 Å². The Bertz CT molecular complexity index is 635. The Labute approximate surface area is 141 Å². The molecule has 0 spiro atoms. The van der Waals surface area contributed by atoms with Gasteiger partial charge in [-0.2, -0.15) is 13.2 Å². The fourth-order valence-corrected chi connectivity index (χ4v) is 3.14. The molecule has 120 valence electrons. The summed E-state index contributed by atoms with van der Waals surface area (Å²) in [5.74, 6) is -0.572. The number of alkyl halides is 3. The summed E-state index contributed by atoms with van der Waals surface area (Å²) in [4.78, 5) is 0. The normalized spacial score (nSPS) is 19.4. The standard InChI is InChI=1S/C15H13Cl3F3N/c16-12-6-9(7-13(17)14(12)18)10-5-8(3-4-22)1-2-11(10)15(19,20)21/h1-2,5-6,9H,3-4,7,22H2. The van der Waals surface area contributed by atoms with Crippen LogP contribution in [0.5, 0.6) is 0 Å². The molecule has 0 fully saturated rings. The lowest BCUT2D eigenvalue weighted by molar-refractivity contribution is -0.138. The molecule has 1 atom stereocenters. The molecule has 1 aliphatic carbocycles. The van der Waals surface area contributed by atoms with Crippen molar-refractivity contribution in [2.75, 3.05) is 6.54 Å². The molecule has 0 heterocycles. The highest BCUT2D eigenvalue weighted by atomic mass is 35.5. The maximum Gasteiger partial charge on any atom is 0.416 e. The first kappa shape index (κ1) is 17.7. The Morgan fingerprint density at radius 3 is 2.41 bits per heavy atom. The van der Waals surface area contributed by atoms with Gasteiger partial charge in [-0.1, -0.05) is 53.0 Å². The Kier molecular flexibility index (Phi) is 5.49. The number of nitrogens with two attached hydrogens (primary N) is 1. The van der Waals surface area contributed by atoms with Crippen LogP contribution in [0.1, 0.15) is 29.0 Å². The number of benzene rings is 1. The van der Waals surface area contributed by atoms with Gasteiger partial charge in [0.2, 0.25) is 0 Å². The molecule has 1 unspecified atom stereocenters. The van der Waals surface area contributed by atoms with Crippen molar-refractivity contribution in [3.05, 3.63) is 56.1 Å². The van der Waals surface area contributed by atoms with Gasteiger partial charge in [0.1, 0.15) is 0 Å². The Balaban J connectivity index is 2.51. The summed E-state index contributed by atoms with van der Waals surface area (Å²) >= 11 is 17.8. The van der Waals surface area contributed by atoms with E-state index in [1.807, 2.05) is 0 Å². The lowest BCUT2D eigenvalue weighted by Gasteiger charge is -2.23. The molecule has 0 amide bonds. The summed E-state index contributed by atoms with van der Waals surface area (Å²) in [7, 11) is 0. The highest BCUT2D eigenvalue weighted by molar-refractivity contribution is 6.48. The van der Waals surface area contributed by atoms with Gasteiger partial charge in [0.25, 0.3) is 0 Å². The van der Waals surface area contributed by atoms with Crippen LogP contribution in [0.15, 0.2) is 39.4 Å². The molecular weight excluding hydrogens is 358 g/mol. The SMILES string of the molecule is NCCc1ccc(C(F)(F)F)c(C2C=C(Cl)C(Cl)=C(Cl)C2)c1. The van der Waals surface area contributed by atoms with Gasteiger partial charge in [0, 0.05) is 11.0 Å². The lowest BCUT2D eigenvalue weighted by atomic mass is 9.87. The summed E-state index contributed by atoms with van der Waals surface area (Å²) in [5, 5.41) is 0.614. The van der Waals surface area contributed by atoms with Gasteiger partial charge in [-0.15, -0.1) is 0 Å². The minimum Gasteiger partial charge on any atom is -0.330 e. The van der Waals surface area contributed by atoms with Crippen LogP contribution < -0.4 is 5.73 Å². The summed E-state index contributed by atoms with van der Waals surface area (Å²) in [6.45, 7) is 0.360. The first-order valence-corrected chi connectivity index (χ1v) is 7.69. The third kappa shape index (κ3) is 3.80. The van der Waals surface area contributed by atoms with E-state index in [0.717, 1.165) is 11.6 Å². The van der Waals surface area contributed by atoms with E-state index < -0.39 is 17.7 Å². The molecule has 1 aromatic carbocycles. The molecule has 22 heavy (non-hydrogen) atoms. The van der Waals surface area contributed by atoms with Gasteiger partial charge in [0.05, 0.1) is 15.6 Å². The number of hydrogen-bond donors (Lipinski definition) is 1. The zero-order chi connectivity index (χ0) is 16.5. The first-order valence-electron chi connectivity index (χ1n) is 6.56. The van der Waals surface area contributed by atoms with Crippen molar-refractivity contribution in [1.82, 2.24) is 0 Å². The van der Waals surface area contributed by atoms with Crippen molar-refractivity contribution >= 4 is 34.8 Å². The molecule has 2 rings (SSSR count). The average Bonchev–Trinajstić information content (AvgIpc) is 2.43. The molecule has 1 nitrogen and oxygen atoms in total. The van der Waals surface area contributed by atoms with Crippen molar-refractivity contribution in [3.63, 3.8) is 0 Å². The monoisotopic (exact) mass is 369 g/mol. The summed E-state index contributed by atoms with van der Waals surface area (Å²) < 4.78 is 39.7. The van der Waals surface area contributed by atoms with E-state index in [0.29, 0.717) is 13.0 Å². The van der Waals surface area contributed by atoms with E-state index in [4.69, 9.17) is 40.5 Å². The summed E-state index contributed by atoms with van der Waals surface area (Å²) in [6.07, 6.45) is -2.26. The average molecular weight is 371 g/mol. The number of hydrogen-bond acceptors (Lipinski definition) is 1. The van der Waals surface area contributed by atoms with Crippen LogP contribution in [0.25, 0.3) is 0 Å². The van der Waals surface area contributed by atoms with Crippen LogP contribution in [0.4, 0.5) is 13.2 Å². The van der Waals surface area contributed by atoms with E-state index in [1.165, 1.54) is 18.2 Å². The highest BCUT2D eigenvalue weighted by Gasteiger charge is 2.36. The van der Waals surface area contributed by atoms with Gasteiger partial charge in [-0.3, -0.25) is 0 Å². The van der Waals surface area contributed by atoms with E-state index in [9.17, 15) is 13.2 Å². The Morgan fingerprint density at radius 1 is 1.18 bits per heavy atom. The minimum absolute atomic E-state index is 0.138. The molecule has 0 radical (unpaired) electrons. The first-order chi connectivity index (χ1) is 10.2. The second-order valence-corrected chi connectivity index (χ2v) is 6.24. The van der Waals surface area contributed by atoms with Crippen molar-refractivity contribution in [3.8, 4) is 0 Å². The van der Waals surface area contributed by atoms with Gasteiger partial charge in [0.15, 0.2) is 0 Å². The maximum absolute atomic E-state index is 13.2. The van der Waals surface area contributed by atoms with Gasteiger partial charge in [-0.05, 0) is 36.6 Å². The lowest BCUT2D eigenvalue weighted by Crippen LogP contribution is -2.14. The van der Waals surface area contributed by atoms with E-state index in [2.05, 4.69) is 0 Å². The summed E-state index contributed by atoms with van der Waals surface area (Å²) in [6, 6.07) is 4.04.